The molecule has 17 unspecified atom stereocenters. The second-order valence-electron chi connectivity index (χ2n) is 21.3. The van der Waals surface area contributed by atoms with Gasteiger partial charge in [0, 0.05) is 83.1 Å². The molecular weight excluding hydrogens is 1260 g/mol. The molecule has 7 rings (SSSR count). The number of hydrogen-bond donors (Lipinski definition) is 0. The van der Waals surface area contributed by atoms with E-state index in [0.29, 0.717) is 16.7 Å². The molecule has 0 N–H and O–H groups in total. The van der Waals surface area contributed by atoms with E-state index in [1.165, 1.54) is 4.68 Å². The number of aromatic nitrogens is 4. The van der Waals surface area contributed by atoms with E-state index in [4.69, 9.17) is 100 Å². The Morgan fingerprint density at radius 2 is 0.745 bits per heavy atom. The summed E-state index contributed by atoms with van der Waals surface area (Å²) >= 11 is 0. The lowest BCUT2D eigenvalue weighted by Crippen LogP contribution is -2.66. The largest absolute Gasteiger partial charge is 0.463 e. The van der Waals surface area contributed by atoms with Crippen molar-refractivity contribution in [3.05, 3.63) is 60.3 Å². The molecule has 2 aromatic heterocycles. The van der Waals surface area contributed by atoms with E-state index in [0.717, 1.165) is 83.1 Å². The Balaban J connectivity index is 1.28. The lowest BCUT2D eigenvalue weighted by atomic mass is 9.96. The van der Waals surface area contributed by atoms with E-state index in [9.17, 15) is 57.5 Å². The lowest BCUT2D eigenvalue weighted by Gasteiger charge is -2.47. The van der Waals surface area contributed by atoms with Crippen LogP contribution in [-0.2, 0) is 143 Å². The van der Waals surface area contributed by atoms with Gasteiger partial charge in [0.2, 0.25) is 0 Å². The molecule has 3 aliphatic rings. The summed E-state index contributed by atoms with van der Waals surface area (Å²) in [5.41, 5.74) is 1.55. The first kappa shape index (κ1) is 72.1. The molecule has 3 saturated heterocycles. The number of carbonyl (C=O) groups excluding carboxylic acids is 12. The number of para-hydroxylation sites is 3. The highest BCUT2D eigenvalue weighted by Crippen LogP contribution is 2.37. The molecule has 2 aromatic carbocycles. The summed E-state index contributed by atoms with van der Waals surface area (Å²) in [6.45, 7) is 8.59. The maximum absolute atomic E-state index is 13.2. The van der Waals surface area contributed by atoms with Crippen LogP contribution in [-0.4, -0.2) is 216 Å². The minimum Gasteiger partial charge on any atom is -0.463 e. The summed E-state index contributed by atoms with van der Waals surface area (Å²) in [5, 5.41) is 4.80. The molecular formula is C60H70N4O30. The molecule has 17 atom stereocenters. The zero-order valence-electron chi connectivity index (χ0n) is 52.9. The Hall–Kier alpha value is -9.35. The maximum atomic E-state index is 13.2. The molecule has 94 heavy (non-hydrogen) atoms. The van der Waals surface area contributed by atoms with Crippen LogP contribution in [0, 0.1) is 0 Å². The molecule has 3 fully saturated rings. The van der Waals surface area contributed by atoms with Crippen LogP contribution < -0.4 is 0 Å². The Morgan fingerprint density at radius 1 is 0.394 bits per heavy atom. The Morgan fingerprint density at radius 3 is 1.13 bits per heavy atom. The van der Waals surface area contributed by atoms with Crippen LogP contribution in [0.1, 0.15) is 94.9 Å². The van der Waals surface area contributed by atoms with E-state index in [1.807, 2.05) is 0 Å². The molecule has 34 nitrogen and oxygen atoms in total. The Labute approximate surface area is 534 Å². The van der Waals surface area contributed by atoms with Crippen LogP contribution in [0.15, 0.2) is 54.6 Å². The van der Waals surface area contributed by atoms with Crippen LogP contribution in [0.4, 0.5) is 0 Å². The second kappa shape index (κ2) is 32.5. The standard InChI is InChI=1S/C60H70N4O30/c1-26(65)77-22-42-48(83-29(4)68)51(86-32(7)71)54(89-35(10)74)59(92-42)79-24-44-50(85-31(6)70)53(88-34(9)73)56(91-37(12)76)60(94-44)80-25-43-49(84-30(5)69)52(87-33(8)72)55(90-36(11)75)58(93-43)78-23-41(81-27(2)66)47(82-28(3)67)45-46-57(62-40-21-17-16-20-39(40)61-46)64(63-45)38-18-14-13-15-19-38/h13-21,41-44,47-56,58-60H,22-25H2,1-12H3. The lowest BCUT2D eigenvalue weighted by molar-refractivity contribution is -0.346. The molecule has 3 aliphatic heterocycles. The number of rotatable bonds is 25. The highest BCUT2D eigenvalue weighted by atomic mass is 16.8. The second-order valence-corrected chi connectivity index (χ2v) is 21.3. The monoisotopic (exact) mass is 1330 g/mol. The number of hydrogen-bond acceptors (Lipinski definition) is 33. The third kappa shape index (κ3) is 19.1. The van der Waals surface area contributed by atoms with Crippen molar-refractivity contribution in [3.8, 4) is 5.69 Å². The zero-order valence-corrected chi connectivity index (χ0v) is 52.9. The molecule has 0 radical (unpaired) electrons. The third-order valence-corrected chi connectivity index (χ3v) is 13.6. The Bertz CT molecular complexity index is 3450. The first-order valence-electron chi connectivity index (χ1n) is 29.0. The van der Waals surface area contributed by atoms with Gasteiger partial charge in [0.25, 0.3) is 0 Å². The minimum absolute atomic E-state index is 0.0817. The average molecular weight is 1330 g/mol. The van der Waals surface area contributed by atoms with Crippen LogP contribution in [0.5, 0.6) is 0 Å². The van der Waals surface area contributed by atoms with Gasteiger partial charge in [-0.15, -0.1) is 0 Å². The first-order valence-corrected chi connectivity index (χ1v) is 29.0. The van der Waals surface area contributed by atoms with Gasteiger partial charge in [-0.1, -0.05) is 30.3 Å². The van der Waals surface area contributed by atoms with Crippen molar-refractivity contribution in [1.29, 1.82) is 0 Å². The van der Waals surface area contributed by atoms with Crippen LogP contribution in [0.2, 0.25) is 0 Å². The molecule has 0 spiro atoms. The molecule has 0 saturated carbocycles. The van der Waals surface area contributed by atoms with Gasteiger partial charge in [-0.3, -0.25) is 57.5 Å². The highest BCUT2D eigenvalue weighted by molar-refractivity contribution is 5.87. The fourth-order valence-corrected chi connectivity index (χ4v) is 10.5. The Kier molecular flexibility index (Phi) is 24.9. The van der Waals surface area contributed by atoms with Crippen molar-refractivity contribution in [2.24, 2.45) is 0 Å². The van der Waals surface area contributed by atoms with E-state index < -0.39 is 202 Å². The summed E-state index contributed by atoms with van der Waals surface area (Å²) in [4.78, 5) is 164. The van der Waals surface area contributed by atoms with Gasteiger partial charge < -0.3 is 85.3 Å². The minimum atomic E-state index is -2.02. The number of carbonyl (C=O) groups is 12. The predicted octanol–water partition coefficient (Wildman–Crippen LogP) is 1.68. The maximum Gasteiger partial charge on any atom is 0.303 e. The quantitative estimate of drug-likeness (QED) is 0.0672. The fraction of sp³-hybridized carbons (Fsp3) is 0.550. The van der Waals surface area contributed by atoms with Gasteiger partial charge in [-0.25, -0.2) is 14.6 Å². The molecule has 0 aliphatic carbocycles. The van der Waals surface area contributed by atoms with Gasteiger partial charge in [0.05, 0.1) is 36.5 Å². The molecule has 510 valence electrons. The van der Waals surface area contributed by atoms with Gasteiger partial charge in [-0.2, -0.15) is 5.10 Å². The molecule has 0 amide bonds. The predicted molar refractivity (Wildman–Crippen MR) is 305 cm³/mol. The van der Waals surface area contributed by atoms with Crippen molar-refractivity contribution >= 4 is 93.8 Å². The van der Waals surface area contributed by atoms with E-state index >= 15 is 0 Å². The van der Waals surface area contributed by atoms with Gasteiger partial charge in [-0.05, 0) is 24.3 Å². The van der Waals surface area contributed by atoms with Crippen molar-refractivity contribution in [3.63, 3.8) is 0 Å². The molecule has 0 bridgehead atoms. The van der Waals surface area contributed by atoms with Crippen LogP contribution >= 0.6 is 0 Å². The van der Waals surface area contributed by atoms with E-state index in [2.05, 4.69) is 0 Å². The van der Waals surface area contributed by atoms with Gasteiger partial charge in [0.1, 0.15) is 36.1 Å². The van der Waals surface area contributed by atoms with Gasteiger partial charge in [0.15, 0.2) is 91.7 Å². The topological polar surface area (TPSA) is 415 Å². The smallest absolute Gasteiger partial charge is 0.303 e. The molecule has 5 heterocycles. The van der Waals surface area contributed by atoms with Crippen LogP contribution in [0.3, 0.4) is 0 Å². The summed E-state index contributed by atoms with van der Waals surface area (Å²) in [6.07, 6.45) is -30.6. The third-order valence-electron chi connectivity index (χ3n) is 13.6. The van der Waals surface area contributed by atoms with Crippen molar-refractivity contribution in [2.75, 3.05) is 26.4 Å². The number of benzene rings is 2. The number of esters is 12. The number of nitrogens with zero attached hydrogens (tertiary/aromatic N) is 4. The normalized spacial score (nSPS) is 26.4. The van der Waals surface area contributed by atoms with Crippen LogP contribution in [0.25, 0.3) is 27.9 Å². The number of ether oxygens (including phenoxy) is 18. The fourth-order valence-electron chi connectivity index (χ4n) is 10.5. The average Bonchev–Trinajstić information content (AvgIpc) is 1.59. The highest BCUT2D eigenvalue weighted by Gasteiger charge is 2.58. The summed E-state index contributed by atoms with van der Waals surface area (Å²) < 4.78 is 107. The zero-order chi connectivity index (χ0) is 68.8. The van der Waals surface area contributed by atoms with E-state index in [1.54, 1.807) is 54.6 Å². The molecule has 34 heteroatoms. The molecule has 4 aromatic rings. The van der Waals surface area contributed by atoms with Crippen molar-refractivity contribution in [1.82, 2.24) is 19.7 Å². The van der Waals surface area contributed by atoms with Gasteiger partial charge >= 0.3 is 71.6 Å². The summed E-state index contributed by atoms with van der Waals surface area (Å²) in [5.74, 6) is -11.8. The number of fused-ring (bicyclic) bond motifs is 2. The summed E-state index contributed by atoms with van der Waals surface area (Å²) in [6, 6.07) is 15.5. The first-order chi connectivity index (χ1) is 44.5. The SMILES string of the molecule is CC(=O)OCC1OC(OCC2OC(OCC3OC(OCC(OC(C)=O)C(OC(C)=O)c4nn(-c5ccccc5)c5nc6ccccc6nc45)C(OC(C)=O)C(OC(C)=O)C3OC(C)=O)C(OC(C)=O)C(OC(C)=O)C2OC(C)=O)C(OC(C)=O)C(OC(C)=O)C1OC(C)=O. The van der Waals surface area contributed by atoms with Crippen molar-refractivity contribution in [2.45, 2.75) is 187 Å². The van der Waals surface area contributed by atoms with Crippen molar-refractivity contribution < 1.29 is 143 Å². The van der Waals surface area contributed by atoms with E-state index in [-0.39, 0.29) is 16.9 Å². The summed E-state index contributed by atoms with van der Waals surface area (Å²) in [7, 11) is 0.